The van der Waals surface area contributed by atoms with Crippen LogP contribution in [0.4, 0.5) is 17.6 Å². The predicted molar refractivity (Wildman–Crippen MR) is 54.9 cm³/mol. The molecule has 0 amide bonds. The average molecular weight is 294 g/mol. The van der Waals surface area contributed by atoms with Crippen molar-refractivity contribution >= 4 is 21.2 Å². The van der Waals surface area contributed by atoms with Gasteiger partial charge in [0, 0.05) is 0 Å². The quantitative estimate of drug-likeness (QED) is 0.263. The van der Waals surface area contributed by atoms with Crippen molar-refractivity contribution in [3.8, 4) is 0 Å². The van der Waals surface area contributed by atoms with Crippen LogP contribution in [-0.4, -0.2) is 16.9 Å². The van der Waals surface area contributed by atoms with Crippen molar-refractivity contribution in [3.63, 3.8) is 0 Å². The van der Waals surface area contributed by atoms with E-state index < -0.39 is 23.3 Å². The van der Waals surface area contributed by atoms with Crippen molar-refractivity contribution in [1.82, 2.24) is 0 Å². The second-order valence-corrected chi connectivity index (χ2v) is 4.48. The Morgan fingerprint density at radius 1 is 0.875 bits per heavy atom. The van der Waals surface area contributed by atoms with E-state index in [2.05, 4.69) is 0 Å². The van der Waals surface area contributed by atoms with Crippen LogP contribution in [0, 0.1) is 23.3 Å². The first-order valence-electron chi connectivity index (χ1n) is 5.04. The van der Waals surface area contributed by atoms with E-state index in [4.69, 9.17) is 0 Å². The van der Waals surface area contributed by atoms with Gasteiger partial charge in [-0.15, -0.1) is 0 Å². The number of rotatable bonds is 4. The summed E-state index contributed by atoms with van der Waals surface area (Å²) in [5, 5.41) is 0. The van der Waals surface area contributed by atoms with Crippen LogP contribution in [0.25, 0.3) is 0 Å². The monoisotopic (exact) mass is 294 g/mol. The molecule has 0 aromatic heterocycles. The number of halogens is 4. The van der Waals surface area contributed by atoms with Gasteiger partial charge < -0.3 is 0 Å². The van der Waals surface area contributed by atoms with Gasteiger partial charge in [0.15, 0.2) is 0 Å². The molecule has 0 nitrogen and oxygen atoms in total. The van der Waals surface area contributed by atoms with Crippen molar-refractivity contribution in [1.29, 1.82) is 0 Å². The Hall–Kier alpha value is -0.502. The molecule has 0 bridgehead atoms. The van der Waals surface area contributed by atoms with Gasteiger partial charge in [0.1, 0.15) is 0 Å². The summed E-state index contributed by atoms with van der Waals surface area (Å²) in [6.07, 6.45) is 2.61. The number of hydrogen-bond donors (Lipinski definition) is 0. The molecule has 1 aromatic rings. The second-order valence-electron chi connectivity index (χ2n) is 3.54. The fourth-order valence-corrected chi connectivity index (χ4v) is 2.09. The molecule has 88 valence electrons. The normalized spacial score (nSPS) is 10.9. The summed E-state index contributed by atoms with van der Waals surface area (Å²) < 4.78 is 52.1. The molecule has 0 fully saturated rings. The molecule has 0 aliphatic heterocycles. The van der Waals surface area contributed by atoms with Gasteiger partial charge in [-0.25, -0.2) is 0 Å². The first-order valence-corrected chi connectivity index (χ1v) is 5.98. The van der Waals surface area contributed by atoms with Crippen LogP contribution in [0.2, 0.25) is 0 Å². The van der Waals surface area contributed by atoms with Crippen LogP contribution in [0.1, 0.15) is 31.7 Å². The molecule has 0 aliphatic carbocycles. The Morgan fingerprint density at radius 2 is 1.44 bits per heavy atom. The van der Waals surface area contributed by atoms with Crippen LogP contribution in [0.15, 0.2) is 0 Å². The van der Waals surface area contributed by atoms with E-state index in [1.165, 1.54) is 0 Å². The Bertz CT molecular complexity index is 361. The Balaban J connectivity index is 3.08. The molecule has 2 radical (unpaired) electrons. The third-order valence-corrected chi connectivity index (χ3v) is 3.35. The van der Waals surface area contributed by atoms with Gasteiger partial charge in [0.05, 0.1) is 0 Å². The maximum absolute atomic E-state index is 13.3. The van der Waals surface area contributed by atoms with E-state index >= 15 is 0 Å². The molecule has 0 saturated heterocycles. The summed E-state index contributed by atoms with van der Waals surface area (Å²) in [6.45, 7) is 1.96. The van der Waals surface area contributed by atoms with E-state index in [9.17, 15) is 17.6 Å². The fraction of sp³-hybridized carbons (Fsp3) is 0.455. The molecule has 1 aromatic carbocycles. The SMILES string of the molecule is CCCCCc1c(F)c(F)c(F)c(F)c1[As]. The van der Waals surface area contributed by atoms with Gasteiger partial charge >= 0.3 is 100 Å². The van der Waals surface area contributed by atoms with Gasteiger partial charge in [0.25, 0.3) is 0 Å². The van der Waals surface area contributed by atoms with Crippen molar-refractivity contribution in [3.05, 3.63) is 28.8 Å². The summed E-state index contributed by atoms with van der Waals surface area (Å²) in [6, 6.07) is 0. The number of unbranched alkanes of at least 4 members (excludes halogenated alkanes) is 2. The van der Waals surface area contributed by atoms with Crippen molar-refractivity contribution in [2.75, 3.05) is 0 Å². The molecule has 0 heterocycles. The van der Waals surface area contributed by atoms with Crippen LogP contribution >= 0.6 is 0 Å². The first-order chi connectivity index (χ1) is 7.50. The van der Waals surface area contributed by atoms with Crippen LogP contribution in [0.3, 0.4) is 0 Å². The third-order valence-electron chi connectivity index (χ3n) is 2.37. The first kappa shape index (κ1) is 13.6. The maximum atomic E-state index is 13.3. The Morgan fingerprint density at radius 3 is 2.00 bits per heavy atom. The second kappa shape index (κ2) is 5.72. The molecular weight excluding hydrogens is 283 g/mol. The number of benzene rings is 1. The van der Waals surface area contributed by atoms with E-state index in [1.54, 1.807) is 16.9 Å². The third kappa shape index (κ3) is 2.60. The van der Waals surface area contributed by atoms with Crippen molar-refractivity contribution in [2.45, 2.75) is 32.6 Å². The summed E-state index contributed by atoms with van der Waals surface area (Å²) in [5.74, 6) is -6.05. The van der Waals surface area contributed by atoms with Crippen molar-refractivity contribution < 1.29 is 17.6 Å². The topological polar surface area (TPSA) is 0 Å². The molecule has 5 heteroatoms. The van der Waals surface area contributed by atoms with E-state index in [0.29, 0.717) is 6.42 Å². The minimum absolute atomic E-state index is 0.0788. The standard InChI is InChI=1S/C11H11AsF4/c1-2-3-4-5-6-7(12)9(14)11(16)10(15)8(6)13/h2-5H2,1H3. The van der Waals surface area contributed by atoms with Crippen LogP contribution < -0.4 is 4.35 Å². The summed E-state index contributed by atoms with van der Waals surface area (Å²) in [4.78, 5) is 0. The molecule has 0 atom stereocenters. The minimum atomic E-state index is -1.74. The molecule has 0 saturated carbocycles. The zero-order valence-corrected chi connectivity index (χ0v) is 10.7. The number of hydrogen-bond acceptors (Lipinski definition) is 0. The van der Waals surface area contributed by atoms with Crippen LogP contribution in [-0.2, 0) is 6.42 Å². The van der Waals surface area contributed by atoms with E-state index in [1.807, 2.05) is 6.92 Å². The predicted octanol–water partition coefficient (Wildman–Crippen LogP) is 2.77. The fourth-order valence-electron chi connectivity index (χ4n) is 1.45. The Kier molecular flexibility index (Phi) is 4.85. The van der Waals surface area contributed by atoms with Gasteiger partial charge in [-0.3, -0.25) is 0 Å². The summed E-state index contributed by atoms with van der Waals surface area (Å²) in [5.41, 5.74) is -0.0788. The van der Waals surface area contributed by atoms with E-state index in [0.717, 1.165) is 12.8 Å². The molecular formula is C11H11AsF4. The molecule has 0 aliphatic rings. The summed E-state index contributed by atoms with van der Waals surface area (Å²) in [7, 11) is 0. The molecule has 0 unspecified atom stereocenters. The van der Waals surface area contributed by atoms with Gasteiger partial charge in [-0.1, -0.05) is 0 Å². The van der Waals surface area contributed by atoms with Gasteiger partial charge in [0.2, 0.25) is 0 Å². The van der Waals surface area contributed by atoms with Crippen LogP contribution in [0.5, 0.6) is 0 Å². The van der Waals surface area contributed by atoms with E-state index in [-0.39, 0.29) is 16.3 Å². The van der Waals surface area contributed by atoms with Gasteiger partial charge in [-0.05, 0) is 0 Å². The Labute approximate surface area is 101 Å². The molecule has 0 spiro atoms. The average Bonchev–Trinajstić information content (AvgIpc) is 2.28. The van der Waals surface area contributed by atoms with Gasteiger partial charge in [-0.2, -0.15) is 0 Å². The zero-order chi connectivity index (χ0) is 12.3. The summed E-state index contributed by atoms with van der Waals surface area (Å²) >= 11 is 1.76. The molecule has 16 heavy (non-hydrogen) atoms. The zero-order valence-electron chi connectivity index (χ0n) is 8.79. The molecule has 0 N–H and O–H groups in total. The van der Waals surface area contributed by atoms with Crippen molar-refractivity contribution in [2.24, 2.45) is 0 Å². The molecule has 1 rings (SSSR count).